The van der Waals surface area contributed by atoms with E-state index in [1.54, 1.807) is 13.0 Å². The third kappa shape index (κ3) is 1.84. The molecule has 0 fully saturated rings. The number of carbonyl (C=O) groups is 1. The van der Waals surface area contributed by atoms with E-state index in [9.17, 15) is 4.79 Å². The Balaban J connectivity index is 2.49. The van der Waals surface area contributed by atoms with Crippen LogP contribution in [-0.4, -0.2) is 6.29 Å². The van der Waals surface area contributed by atoms with Gasteiger partial charge in [-0.2, -0.15) is 0 Å². The molecule has 0 saturated heterocycles. The fourth-order valence-corrected chi connectivity index (χ4v) is 1.55. The predicted octanol–water partition coefficient (Wildman–Crippen LogP) is 3.38. The van der Waals surface area contributed by atoms with Crippen LogP contribution in [0.15, 0.2) is 34.7 Å². The number of aryl methyl sites for hydroxylation is 2. The molecule has 1 aromatic heterocycles. The van der Waals surface area contributed by atoms with Gasteiger partial charge in [-0.05, 0) is 26.0 Å². The molecule has 0 N–H and O–H groups in total. The maximum Gasteiger partial charge on any atom is 0.153 e. The number of benzene rings is 1. The monoisotopic (exact) mass is 200 g/mol. The Morgan fingerprint density at radius 2 is 2.00 bits per heavy atom. The largest absolute Gasteiger partial charge is 0.461 e. The first kappa shape index (κ1) is 9.71. The number of aldehydes is 1. The average molecular weight is 200 g/mol. The normalized spacial score (nSPS) is 10.3. The quantitative estimate of drug-likeness (QED) is 0.695. The van der Waals surface area contributed by atoms with Crippen LogP contribution in [-0.2, 0) is 0 Å². The van der Waals surface area contributed by atoms with E-state index in [0.717, 1.165) is 17.6 Å². The van der Waals surface area contributed by atoms with Gasteiger partial charge in [0.2, 0.25) is 0 Å². The number of furan rings is 1. The van der Waals surface area contributed by atoms with Crippen molar-refractivity contribution < 1.29 is 9.21 Å². The van der Waals surface area contributed by atoms with E-state index in [4.69, 9.17) is 4.42 Å². The molecule has 1 aromatic carbocycles. The molecule has 0 aliphatic heterocycles. The Morgan fingerprint density at radius 1 is 1.20 bits per heavy atom. The number of hydrogen-bond donors (Lipinski definition) is 0. The van der Waals surface area contributed by atoms with Crippen molar-refractivity contribution in [1.29, 1.82) is 0 Å². The Hall–Kier alpha value is -1.83. The number of rotatable bonds is 2. The second-order valence-electron chi connectivity index (χ2n) is 3.61. The molecule has 2 rings (SSSR count). The van der Waals surface area contributed by atoms with Gasteiger partial charge in [0, 0.05) is 5.56 Å². The van der Waals surface area contributed by atoms with E-state index < -0.39 is 0 Å². The lowest BCUT2D eigenvalue weighted by molar-refractivity contribution is 0.112. The van der Waals surface area contributed by atoms with Crippen LogP contribution in [0.3, 0.4) is 0 Å². The maximum atomic E-state index is 10.7. The molecule has 2 aromatic rings. The van der Waals surface area contributed by atoms with Crippen LogP contribution >= 0.6 is 0 Å². The smallest absolute Gasteiger partial charge is 0.153 e. The van der Waals surface area contributed by atoms with E-state index in [1.807, 2.05) is 31.2 Å². The SMILES string of the molecule is Cc1cccc(-c2cc(C=O)c(C)o2)c1. The van der Waals surface area contributed by atoms with Gasteiger partial charge in [-0.25, -0.2) is 0 Å². The summed E-state index contributed by atoms with van der Waals surface area (Å²) in [6.07, 6.45) is 0.818. The lowest BCUT2D eigenvalue weighted by Crippen LogP contribution is -1.76. The van der Waals surface area contributed by atoms with Gasteiger partial charge in [0.25, 0.3) is 0 Å². The van der Waals surface area contributed by atoms with Crippen molar-refractivity contribution in [3.8, 4) is 11.3 Å². The van der Waals surface area contributed by atoms with Crippen LogP contribution < -0.4 is 0 Å². The predicted molar refractivity (Wildman–Crippen MR) is 59.0 cm³/mol. The molecule has 2 heteroatoms. The highest BCUT2D eigenvalue weighted by atomic mass is 16.3. The minimum atomic E-state index is 0.617. The molecular formula is C13H12O2. The Bertz CT molecular complexity index is 495. The highest BCUT2D eigenvalue weighted by Gasteiger charge is 2.07. The fourth-order valence-electron chi connectivity index (χ4n) is 1.55. The van der Waals surface area contributed by atoms with Gasteiger partial charge in [0.1, 0.15) is 11.5 Å². The standard InChI is InChI=1S/C13H12O2/c1-9-4-3-5-11(6-9)13-7-12(8-14)10(2)15-13/h3-8H,1-2H3. The van der Waals surface area contributed by atoms with E-state index in [2.05, 4.69) is 0 Å². The Kier molecular flexibility index (Phi) is 2.42. The zero-order valence-corrected chi connectivity index (χ0v) is 8.78. The first-order chi connectivity index (χ1) is 7.20. The minimum Gasteiger partial charge on any atom is -0.461 e. The van der Waals surface area contributed by atoms with Crippen molar-refractivity contribution in [2.75, 3.05) is 0 Å². The molecule has 0 aliphatic carbocycles. The number of hydrogen-bond acceptors (Lipinski definition) is 2. The summed E-state index contributed by atoms with van der Waals surface area (Å²) in [6, 6.07) is 9.78. The van der Waals surface area contributed by atoms with Crippen LogP contribution in [0.5, 0.6) is 0 Å². The van der Waals surface area contributed by atoms with Crippen molar-refractivity contribution in [3.63, 3.8) is 0 Å². The molecular weight excluding hydrogens is 188 g/mol. The van der Waals surface area contributed by atoms with Gasteiger partial charge >= 0.3 is 0 Å². The lowest BCUT2D eigenvalue weighted by atomic mass is 10.1. The molecule has 0 radical (unpaired) electrons. The molecule has 0 atom stereocenters. The van der Waals surface area contributed by atoms with Crippen LogP contribution in [0.2, 0.25) is 0 Å². The van der Waals surface area contributed by atoms with Gasteiger partial charge < -0.3 is 4.42 Å². The summed E-state index contributed by atoms with van der Waals surface area (Å²) in [5.41, 5.74) is 2.80. The highest BCUT2D eigenvalue weighted by Crippen LogP contribution is 2.24. The van der Waals surface area contributed by atoms with Gasteiger partial charge in [-0.3, -0.25) is 4.79 Å². The van der Waals surface area contributed by atoms with E-state index in [-0.39, 0.29) is 0 Å². The summed E-state index contributed by atoms with van der Waals surface area (Å²) >= 11 is 0. The summed E-state index contributed by atoms with van der Waals surface area (Å²) in [6.45, 7) is 3.82. The fraction of sp³-hybridized carbons (Fsp3) is 0.154. The third-order valence-electron chi connectivity index (χ3n) is 2.39. The summed E-state index contributed by atoms with van der Waals surface area (Å²) < 4.78 is 5.52. The summed E-state index contributed by atoms with van der Waals surface area (Å²) in [5, 5.41) is 0. The molecule has 1 heterocycles. The van der Waals surface area contributed by atoms with Gasteiger partial charge in [-0.1, -0.05) is 23.8 Å². The zero-order valence-electron chi connectivity index (χ0n) is 8.78. The van der Waals surface area contributed by atoms with Gasteiger partial charge in [0.15, 0.2) is 6.29 Å². The van der Waals surface area contributed by atoms with Crippen LogP contribution in [0, 0.1) is 13.8 Å². The summed E-state index contributed by atoms with van der Waals surface area (Å²) in [7, 11) is 0. The van der Waals surface area contributed by atoms with Crippen molar-refractivity contribution >= 4 is 6.29 Å². The topological polar surface area (TPSA) is 30.2 Å². The highest BCUT2D eigenvalue weighted by molar-refractivity contribution is 5.79. The van der Waals surface area contributed by atoms with Crippen LogP contribution in [0.4, 0.5) is 0 Å². The van der Waals surface area contributed by atoms with E-state index in [0.29, 0.717) is 11.3 Å². The molecule has 15 heavy (non-hydrogen) atoms. The second kappa shape index (κ2) is 3.73. The van der Waals surface area contributed by atoms with Gasteiger partial charge in [0.05, 0.1) is 5.56 Å². The maximum absolute atomic E-state index is 10.7. The molecule has 0 spiro atoms. The summed E-state index contributed by atoms with van der Waals surface area (Å²) in [4.78, 5) is 10.7. The number of carbonyl (C=O) groups excluding carboxylic acids is 1. The zero-order chi connectivity index (χ0) is 10.8. The second-order valence-corrected chi connectivity index (χ2v) is 3.61. The van der Waals surface area contributed by atoms with Crippen molar-refractivity contribution in [1.82, 2.24) is 0 Å². The van der Waals surface area contributed by atoms with Gasteiger partial charge in [-0.15, -0.1) is 0 Å². The molecule has 0 saturated carbocycles. The summed E-state index contributed by atoms with van der Waals surface area (Å²) in [5.74, 6) is 1.42. The van der Waals surface area contributed by atoms with Crippen molar-refractivity contribution in [2.45, 2.75) is 13.8 Å². The molecule has 0 unspecified atom stereocenters. The molecule has 0 amide bonds. The van der Waals surface area contributed by atoms with Crippen molar-refractivity contribution in [3.05, 3.63) is 47.2 Å². The molecule has 0 bridgehead atoms. The average Bonchev–Trinajstić information content (AvgIpc) is 2.60. The third-order valence-corrected chi connectivity index (χ3v) is 2.39. The van der Waals surface area contributed by atoms with Crippen LogP contribution in [0.25, 0.3) is 11.3 Å². The molecule has 2 nitrogen and oxygen atoms in total. The first-order valence-electron chi connectivity index (χ1n) is 4.83. The Labute approximate surface area is 88.5 Å². The minimum absolute atomic E-state index is 0.617. The lowest BCUT2D eigenvalue weighted by Gasteiger charge is -1.97. The van der Waals surface area contributed by atoms with E-state index in [1.165, 1.54) is 5.56 Å². The van der Waals surface area contributed by atoms with Crippen LogP contribution in [0.1, 0.15) is 21.7 Å². The molecule has 76 valence electrons. The molecule has 0 aliphatic rings. The van der Waals surface area contributed by atoms with Crippen molar-refractivity contribution in [2.24, 2.45) is 0 Å². The Morgan fingerprint density at radius 3 is 2.60 bits per heavy atom. The first-order valence-corrected chi connectivity index (χ1v) is 4.83. The van der Waals surface area contributed by atoms with E-state index >= 15 is 0 Å².